The molecule has 6 nitrogen and oxygen atoms in total. The largest absolute Gasteiger partial charge is 0.490 e. The van der Waals surface area contributed by atoms with Crippen molar-refractivity contribution < 1.29 is 24.5 Å². The van der Waals surface area contributed by atoms with Gasteiger partial charge in [-0.05, 0) is 48.4 Å². The van der Waals surface area contributed by atoms with Gasteiger partial charge in [0, 0.05) is 12.5 Å². The van der Waals surface area contributed by atoms with Gasteiger partial charge in [-0.25, -0.2) is 4.79 Å². The molecule has 0 radical (unpaired) electrons. The van der Waals surface area contributed by atoms with Crippen molar-refractivity contribution in [2.24, 2.45) is 0 Å². The number of rotatable bonds is 7. The number of para-hydroxylation sites is 1. The Morgan fingerprint density at radius 2 is 1.61 bits per heavy atom. The summed E-state index contributed by atoms with van der Waals surface area (Å²) in [5.41, 5.74) is 0.997. The van der Waals surface area contributed by atoms with Crippen LogP contribution in [0.1, 0.15) is 17.9 Å². The molecule has 0 saturated carbocycles. The maximum Gasteiger partial charge on any atom is 0.407 e. The Hall–Kier alpha value is -2.99. The van der Waals surface area contributed by atoms with Crippen LogP contribution in [0.2, 0.25) is 0 Å². The van der Waals surface area contributed by atoms with Gasteiger partial charge in [0.1, 0.15) is 24.7 Å². The molecule has 0 bridgehead atoms. The van der Waals surface area contributed by atoms with Crippen molar-refractivity contribution in [2.75, 3.05) is 26.3 Å². The third kappa shape index (κ3) is 5.50. The van der Waals surface area contributed by atoms with Gasteiger partial charge in [0.15, 0.2) is 0 Å². The normalized spacial score (nSPS) is 19.5. The Morgan fingerprint density at radius 1 is 1.00 bits per heavy atom. The number of benzene rings is 2. The Labute approximate surface area is 164 Å². The molecule has 1 amide bonds. The highest BCUT2D eigenvalue weighted by Crippen LogP contribution is 2.29. The van der Waals surface area contributed by atoms with Crippen LogP contribution in [0.15, 0.2) is 66.7 Å². The van der Waals surface area contributed by atoms with E-state index in [9.17, 15) is 9.90 Å². The Morgan fingerprint density at radius 3 is 2.18 bits per heavy atom. The lowest BCUT2D eigenvalue weighted by Gasteiger charge is -2.34. The second-order valence-electron chi connectivity index (χ2n) is 6.67. The number of piperidine rings is 1. The van der Waals surface area contributed by atoms with Crippen LogP contribution in [-0.4, -0.2) is 53.6 Å². The highest BCUT2D eigenvalue weighted by Gasteiger charge is 2.30. The molecule has 1 aliphatic heterocycles. The lowest BCUT2D eigenvalue weighted by molar-refractivity contribution is 0.0504. The van der Waals surface area contributed by atoms with E-state index in [1.165, 1.54) is 4.90 Å². The molecule has 2 unspecified atom stereocenters. The molecule has 2 N–H and O–H groups in total. The predicted molar refractivity (Wildman–Crippen MR) is 106 cm³/mol. The number of aliphatic hydroxyl groups is 1. The maximum absolute atomic E-state index is 11.0. The number of hydrogen-bond donors (Lipinski definition) is 2. The Bertz CT molecular complexity index is 775. The van der Waals surface area contributed by atoms with Crippen LogP contribution in [0.4, 0.5) is 4.79 Å². The summed E-state index contributed by atoms with van der Waals surface area (Å²) in [4.78, 5) is 12.3. The molecular weight excluding hydrogens is 358 g/mol. The summed E-state index contributed by atoms with van der Waals surface area (Å²) in [5, 5.41) is 19.3. The number of ether oxygens (including phenoxy) is 2. The van der Waals surface area contributed by atoms with Gasteiger partial charge in [0.25, 0.3) is 0 Å². The third-order valence-corrected chi connectivity index (χ3v) is 4.76. The molecular formula is C22H25NO5. The molecule has 6 heteroatoms. The summed E-state index contributed by atoms with van der Waals surface area (Å²) in [5.74, 6) is 1.52. The zero-order valence-electron chi connectivity index (χ0n) is 15.6. The average molecular weight is 383 g/mol. The van der Waals surface area contributed by atoms with Gasteiger partial charge < -0.3 is 24.6 Å². The molecule has 28 heavy (non-hydrogen) atoms. The van der Waals surface area contributed by atoms with Crippen molar-refractivity contribution >= 4 is 6.09 Å². The van der Waals surface area contributed by atoms with E-state index in [1.807, 2.05) is 66.7 Å². The van der Waals surface area contributed by atoms with Crippen LogP contribution < -0.4 is 9.47 Å². The van der Waals surface area contributed by atoms with Crippen LogP contribution >= 0.6 is 0 Å². The fraction of sp³-hybridized carbons (Fsp3) is 0.318. The van der Waals surface area contributed by atoms with E-state index in [-0.39, 0.29) is 12.5 Å². The zero-order chi connectivity index (χ0) is 19.8. The van der Waals surface area contributed by atoms with Gasteiger partial charge in [-0.15, -0.1) is 0 Å². The lowest BCUT2D eigenvalue weighted by Crippen LogP contribution is -2.45. The van der Waals surface area contributed by atoms with E-state index in [0.29, 0.717) is 26.2 Å². The first-order valence-electron chi connectivity index (χ1n) is 9.35. The van der Waals surface area contributed by atoms with Gasteiger partial charge in [0.05, 0.1) is 12.6 Å². The van der Waals surface area contributed by atoms with Gasteiger partial charge in [-0.2, -0.15) is 0 Å². The highest BCUT2D eigenvalue weighted by molar-refractivity contribution is 5.65. The number of hydrogen-bond acceptors (Lipinski definition) is 4. The van der Waals surface area contributed by atoms with Crippen LogP contribution in [0.3, 0.4) is 0 Å². The lowest BCUT2D eigenvalue weighted by atomic mass is 9.87. The Kier molecular flexibility index (Phi) is 6.92. The first kappa shape index (κ1) is 19.8. The number of carbonyl (C=O) groups is 1. The van der Waals surface area contributed by atoms with E-state index in [0.717, 1.165) is 17.1 Å². The topological polar surface area (TPSA) is 79.2 Å². The summed E-state index contributed by atoms with van der Waals surface area (Å²) in [6.45, 7) is 1.51. The van der Waals surface area contributed by atoms with E-state index >= 15 is 0 Å². The number of nitrogens with zero attached hydrogens (tertiary/aromatic N) is 1. The summed E-state index contributed by atoms with van der Waals surface area (Å²) >= 11 is 0. The van der Waals surface area contributed by atoms with Gasteiger partial charge >= 0.3 is 6.09 Å². The molecule has 0 aromatic heterocycles. The van der Waals surface area contributed by atoms with Crippen LogP contribution in [0.5, 0.6) is 11.5 Å². The van der Waals surface area contributed by atoms with Crippen LogP contribution in [-0.2, 0) is 0 Å². The Balaban J connectivity index is 1.42. The highest BCUT2D eigenvalue weighted by atomic mass is 16.5. The van der Waals surface area contributed by atoms with Crippen molar-refractivity contribution in [1.29, 1.82) is 0 Å². The minimum atomic E-state index is -0.983. The molecule has 2 atom stereocenters. The molecule has 1 saturated heterocycles. The maximum atomic E-state index is 11.0. The fourth-order valence-corrected chi connectivity index (χ4v) is 3.25. The molecule has 2 aromatic rings. The van der Waals surface area contributed by atoms with Crippen molar-refractivity contribution in [3.05, 3.63) is 72.3 Å². The molecule has 0 spiro atoms. The molecule has 1 aliphatic rings. The minimum Gasteiger partial charge on any atom is -0.490 e. The molecule has 148 valence electrons. The average Bonchev–Trinajstić information content (AvgIpc) is 2.72. The fourth-order valence-electron chi connectivity index (χ4n) is 3.25. The van der Waals surface area contributed by atoms with Crippen LogP contribution in [0.25, 0.3) is 0 Å². The van der Waals surface area contributed by atoms with E-state index in [2.05, 4.69) is 0 Å². The molecule has 2 aromatic carbocycles. The minimum absolute atomic E-state index is 0.0559. The first-order valence-corrected chi connectivity index (χ1v) is 9.35. The molecule has 0 aliphatic carbocycles. The van der Waals surface area contributed by atoms with E-state index < -0.39 is 12.2 Å². The third-order valence-electron chi connectivity index (χ3n) is 4.76. The van der Waals surface area contributed by atoms with Crippen LogP contribution in [0, 0.1) is 0 Å². The van der Waals surface area contributed by atoms with Crippen molar-refractivity contribution in [1.82, 2.24) is 4.90 Å². The monoisotopic (exact) mass is 383 g/mol. The van der Waals surface area contributed by atoms with E-state index in [4.69, 9.17) is 14.6 Å². The summed E-state index contributed by atoms with van der Waals surface area (Å²) in [7, 11) is 0. The number of amides is 1. The van der Waals surface area contributed by atoms with Gasteiger partial charge in [-0.3, -0.25) is 0 Å². The smallest absolute Gasteiger partial charge is 0.407 e. The summed E-state index contributed by atoms with van der Waals surface area (Å²) in [6, 6.07) is 17.2. The second kappa shape index (κ2) is 9.80. The van der Waals surface area contributed by atoms with Crippen molar-refractivity contribution in [2.45, 2.75) is 18.4 Å². The molecule has 1 fully saturated rings. The van der Waals surface area contributed by atoms with E-state index in [1.54, 1.807) is 0 Å². The zero-order valence-corrected chi connectivity index (χ0v) is 15.6. The number of likely N-dealkylation sites (tertiary alicyclic amines) is 1. The summed E-state index contributed by atoms with van der Waals surface area (Å²) in [6.07, 6.45) is 2.75. The SMILES string of the molecule is O=C(O)N1CCC(c2ccc(OC/C=C\COc3ccccc3)cc2)C(O)C1. The molecule has 1 heterocycles. The second-order valence-corrected chi connectivity index (χ2v) is 6.67. The van der Waals surface area contributed by atoms with Gasteiger partial charge in [-0.1, -0.05) is 30.3 Å². The standard InChI is InChI=1S/C22H25NO5/c24-21-16-23(22(25)26)13-12-20(21)17-8-10-19(11-9-17)28-15-5-4-14-27-18-6-2-1-3-7-18/h1-11,20-21,24H,12-16H2,(H,25,26)/b5-4-. The number of carboxylic acid groups (broad SMARTS) is 1. The van der Waals surface area contributed by atoms with Gasteiger partial charge in [0.2, 0.25) is 0 Å². The quantitative estimate of drug-likeness (QED) is 0.715. The van der Waals surface area contributed by atoms with Crippen molar-refractivity contribution in [3.8, 4) is 11.5 Å². The molecule has 3 rings (SSSR count). The number of aliphatic hydroxyl groups excluding tert-OH is 1. The summed E-state index contributed by atoms with van der Waals surface area (Å²) < 4.78 is 11.3. The van der Waals surface area contributed by atoms with Crippen molar-refractivity contribution in [3.63, 3.8) is 0 Å². The number of β-amino-alcohol motifs (C(OH)–C–C–N with tert-alkyl or cyclic N) is 1. The first-order chi connectivity index (χ1) is 13.6. The predicted octanol–water partition coefficient (Wildman–Crippen LogP) is 3.53.